The van der Waals surface area contributed by atoms with Crippen molar-refractivity contribution in [2.75, 3.05) is 20.8 Å². The van der Waals surface area contributed by atoms with Crippen LogP contribution in [0.1, 0.15) is 10.6 Å². The van der Waals surface area contributed by atoms with Crippen LogP contribution in [0.3, 0.4) is 0 Å². The molecule has 176 valence electrons. The van der Waals surface area contributed by atoms with Crippen LogP contribution in [0.4, 0.5) is 0 Å². The second-order valence-electron chi connectivity index (χ2n) is 7.66. The second kappa shape index (κ2) is 9.19. The van der Waals surface area contributed by atoms with E-state index < -0.39 is 17.8 Å². The van der Waals surface area contributed by atoms with Crippen molar-refractivity contribution in [2.24, 2.45) is 0 Å². The number of Topliss-reactive ketones (excluding diaryl/α,β-unsaturated/α-hetero) is 1. The monoisotopic (exact) mass is 490 g/mol. The summed E-state index contributed by atoms with van der Waals surface area (Å²) in [6, 6.07) is 18.7. The molecule has 0 amide bonds. The molecule has 0 bridgehead atoms. The average molecular weight is 491 g/mol. The first-order valence-electron chi connectivity index (χ1n) is 10.6. The van der Waals surface area contributed by atoms with Gasteiger partial charge < -0.3 is 23.0 Å². The Kier molecular flexibility index (Phi) is 5.93. The van der Waals surface area contributed by atoms with E-state index >= 15 is 0 Å². The van der Waals surface area contributed by atoms with Gasteiger partial charge in [0.25, 0.3) is 0 Å². The Morgan fingerprint density at radius 2 is 1.69 bits per heavy atom. The highest BCUT2D eigenvalue weighted by Gasteiger charge is 2.22. The Bertz CT molecular complexity index is 1600. The third-order valence-corrected chi connectivity index (χ3v) is 5.74. The van der Waals surface area contributed by atoms with Crippen molar-refractivity contribution in [1.82, 2.24) is 0 Å². The molecule has 0 saturated carbocycles. The van der Waals surface area contributed by atoms with Crippen LogP contribution in [0.5, 0.6) is 17.2 Å². The molecule has 0 aliphatic carbocycles. The van der Waals surface area contributed by atoms with E-state index in [1.165, 1.54) is 20.3 Å². The highest BCUT2D eigenvalue weighted by molar-refractivity contribution is 6.31. The standard InChI is InChI=1S/C27H19ClO7/c1-31-22-9-7-16(12-24(22)32-2)26-27(25(30)18-13-17(28)8-10-21(18)35-26)33-14-19(29)23-11-15-5-3-4-6-20(15)34-23/h3-13H,14H2,1-2H3. The fourth-order valence-electron chi connectivity index (χ4n) is 3.78. The van der Waals surface area contributed by atoms with Gasteiger partial charge in [0.15, 0.2) is 29.6 Å². The summed E-state index contributed by atoms with van der Waals surface area (Å²) >= 11 is 6.10. The molecule has 2 heterocycles. The average Bonchev–Trinajstić information content (AvgIpc) is 3.32. The number of benzene rings is 3. The number of fused-ring (bicyclic) bond motifs is 2. The van der Waals surface area contributed by atoms with Gasteiger partial charge >= 0.3 is 0 Å². The van der Waals surface area contributed by atoms with Crippen molar-refractivity contribution in [1.29, 1.82) is 0 Å². The van der Waals surface area contributed by atoms with Crippen molar-refractivity contribution in [3.8, 4) is 28.6 Å². The van der Waals surface area contributed by atoms with E-state index in [1.54, 1.807) is 42.5 Å². The van der Waals surface area contributed by atoms with E-state index in [2.05, 4.69) is 0 Å². The van der Waals surface area contributed by atoms with Crippen LogP contribution in [-0.2, 0) is 0 Å². The Morgan fingerprint density at radius 3 is 2.46 bits per heavy atom. The van der Waals surface area contributed by atoms with Crippen molar-refractivity contribution in [2.45, 2.75) is 0 Å². The van der Waals surface area contributed by atoms with Crippen LogP contribution in [0.2, 0.25) is 5.02 Å². The summed E-state index contributed by atoms with van der Waals surface area (Å²) in [4.78, 5) is 26.2. The number of hydrogen-bond acceptors (Lipinski definition) is 7. The predicted octanol–water partition coefficient (Wildman–Crippen LogP) is 6.14. The first-order valence-corrected chi connectivity index (χ1v) is 11.0. The highest BCUT2D eigenvalue weighted by Crippen LogP contribution is 2.37. The van der Waals surface area contributed by atoms with Gasteiger partial charge in [0.05, 0.1) is 19.6 Å². The van der Waals surface area contributed by atoms with Gasteiger partial charge in [-0.3, -0.25) is 9.59 Å². The van der Waals surface area contributed by atoms with Gasteiger partial charge in [-0.2, -0.15) is 0 Å². The van der Waals surface area contributed by atoms with Crippen LogP contribution >= 0.6 is 11.6 Å². The number of furan rings is 1. The van der Waals surface area contributed by atoms with Crippen molar-refractivity contribution >= 4 is 39.3 Å². The second-order valence-corrected chi connectivity index (χ2v) is 8.10. The van der Waals surface area contributed by atoms with E-state index in [4.69, 9.17) is 34.6 Å². The molecule has 35 heavy (non-hydrogen) atoms. The summed E-state index contributed by atoms with van der Waals surface area (Å²) in [5, 5.41) is 1.39. The van der Waals surface area contributed by atoms with Crippen LogP contribution in [-0.4, -0.2) is 26.6 Å². The van der Waals surface area contributed by atoms with Gasteiger partial charge in [-0.15, -0.1) is 0 Å². The fraction of sp³-hybridized carbons (Fsp3) is 0.111. The molecule has 8 heteroatoms. The summed E-state index contributed by atoms with van der Waals surface area (Å²) in [7, 11) is 3.03. The summed E-state index contributed by atoms with van der Waals surface area (Å²) in [6.07, 6.45) is 0. The van der Waals surface area contributed by atoms with E-state index in [1.807, 2.05) is 18.2 Å². The Balaban J connectivity index is 1.58. The molecule has 0 atom stereocenters. The molecule has 0 fully saturated rings. The van der Waals surface area contributed by atoms with Crippen LogP contribution in [0, 0.1) is 0 Å². The third kappa shape index (κ3) is 4.22. The summed E-state index contributed by atoms with van der Waals surface area (Å²) in [5.74, 6) is 0.665. The zero-order valence-electron chi connectivity index (χ0n) is 18.8. The molecular weight excluding hydrogens is 472 g/mol. The van der Waals surface area contributed by atoms with E-state index in [9.17, 15) is 9.59 Å². The lowest BCUT2D eigenvalue weighted by Crippen LogP contribution is -2.16. The lowest BCUT2D eigenvalue weighted by atomic mass is 10.1. The molecule has 0 unspecified atom stereocenters. The summed E-state index contributed by atoms with van der Waals surface area (Å²) in [6.45, 7) is -0.434. The Morgan fingerprint density at radius 1 is 0.886 bits per heavy atom. The summed E-state index contributed by atoms with van der Waals surface area (Å²) in [5.41, 5.74) is 0.945. The Hall–Kier alpha value is -4.23. The maximum atomic E-state index is 13.4. The smallest absolute Gasteiger partial charge is 0.235 e. The molecule has 0 spiro atoms. The Labute approximate surface area is 204 Å². The van der Waals surface area contributed by atoms with Crippen LogP contribution < -0.4 is 19.6 Å². The predicted molar refractivity (Wildman–Crippen MR) is 132 cm³/mol. The molecule has 0 radical (unpaired) electrons. The molecule has 0 saturated heterocycles. The van der Waals surface area contributed by atoms with E-state index in [0.717, 1.165) is 5.39 Å². The number of para-hydroxylation sites is 1. The molecular formula is C27H19ClO7. The van der Waals surface area contributed by atoms with Gasteiger partial charge in [0, 0.05) is 16.0 Å². The largest absolute Gasteiger partial charge is 0.493 e. The molecule has 7 nitrogen and oxygen atoms in total. The van der Waals surface area contributed by atoms with Gasteiger partial charge in [-0.25, -0.2) is 0 Å². The maximum Gasteiger partial charge on any atom is 0.235 e. The number of carbonyl (C=O) groups excluding carboxylic acids is 1. The molecule has 2 aromatic heterocycles. The number of methoxy groups -OCH3 is 2. The third-order valence-electron chi connectivity index (χ3n) is 5.50. The van der Waals surface area contributed by atoms with Crippen LogP contribution in [0.25, 0.3) is 33.3 Å². The minimum absolute atomic E-state index is 0.128. The molecule has 0 aliphatic heterocycles. The number of ketones is 1. The topological polar surface area (TPSA) is 88.1 Å². The lowest BCUT2D eigenvalue weighted by molar-refractivity contribution is 0.0894. The lowest BCUT2D eigenvalue weighted by Gasteiger charge is -2.13. The fourth-order valence-corrected chi connectivity index (χ4v) is 3.95. The minimum atomic E-state index is -0.462. The molecule has 5 rings (SSSR count). The number of carbonyl (C=O) groups is 1. The van der Waals surface area contributed by atoms with Gasteiger partial charge in [-0.05, 0) is 48.5 Å². The zero-order valence-corrected chi connectivity index (χ0v) is 19.5. The molecule has 0 aliphatic rings. The highest BCUT2D eigenvalue weighted by atomic mass is 35.5. The quantitative estimate of drug-likeness (QED) is 0.253. The summed E-state index contributed by atoms with van der Waals surface area (Å²) < 4.78 is 28.2. The number of ether oxygens (including phenoxy) is 3. The normalized spacial score (nSPS) is 11.1. The van der Waals surface area contributed by atoms with Crippen molar-refractivity contribution in [3.05, 3.63) is 87.7 Å². The van der Waals surface area contributed by atoms with Gasteiger partial charge in [0.2, 0.25) is 17.0 Å². The van der Waals surface area contributed by atoms with Crippen LogP contribution in [0.15, 0.2) is 80.4 Å². The number of halogens is 1. The first kappa shape index (κ1) is 22.6. The van der Waals surface area contributed by atoms with E-state index in [-0.39, 0.29) is 22.7 Å². The number of hydrogen-bond donors (Lipinski definition) is 0. The first-order chi connectivity index (χ1) is 17.0. The molecule has 5 aromatic rings. The van der Waals surface area contributed by atoms with Gasteiger partial charge in [0.1, 0.15) is 11.2 Å². The minimum Gasteiger partial charge on any atom is -0.493 e. The van der Waals surface area contributed by atoms with E-state index in [0.29, 0.717) is 33.3 Å². The molecule has 0 N–H and O–H groups in total. The van der Waals surface area contributed by atoms with Crippen molar-refractivity contribution in [3.63, 3.8) is 0 Å². The zero-order chi connectivity index (χ0) is 24.5. The SMILES string of the molecule is COc1ccc(-c2oc3ccc(Cl)cc3c(=O)c2OCC(=O)c2cc3ccccc3o2)cc1OC. The van der Waals surface area contributed by atoms with Gasteiger partial charge in [-0.1, -0.05) is 29.8 Å². The maximum absolute atomic E-state index is 13.4. The number of rotatable bonds is 7. The van der Waals surface area contributed by atoms with Crippen molar-refractivity contribution < 1.29 is 27.8 Å². The molecule has 3 aromatic carbocycles.